The van der Waals surface area contributed by atoms with Crippen molar-refractivity contribution in [2.24, 2.45) is 0 Å². The van der Waals surface area contributed by atoms with E-state index < -0.39 is 0 Å². The maximum atomic E-state index is 12.8. The number of rotatable bonds is 2. The third-order valence-corrected chi connectivity index (χ3v) is 4.32. The van der Waals surface area contributed by atoms with E-state index in [2.05, 4.69) is 24.9 Å². The van der Waals surface area contributed by atoms with Crippen LogP contribution in [0.15, 0.2) is 70.0 Å². The minimum Gasteiger partial charge on any atom is -0.456 e. The molecule has 0 radical (unpaired) electrons. The van der Waals surface area contributed by atoms with Gasteiger partial charge in [0.25, 0.3) is 0 Å². The number of hydrogen-bond acceptors (Lipinski definition) is 3. The van der Waals surface area contributed by atoms with Crippen LogP contribution in [0.2, 0.25) is 0 Å². The second kappa shape index (κ2) is 5.60. The van der Waals surface area contributed by atoms with Crippen molar-refractivity contribution in [1.29, 1.82) is 0 Å². The SMILES string of the molecule is CC(C)c1ccnc(-c2ccc3oc4ccccc4c(=O)c3c2)c1. The molecule has 0 fully saturated rings. The minimum atomic E-state index is -0.00582. The van der Waals surface area contributed by atoms with E-state index in [0.717, 1.165) is 11.3 Å². The Morgan fingerprint density at radius 3 is 2.54 bits per heavy atom. The molecule has 0 N–H and O–H groups in total. The van der Waals surface area contributed by atoms with E-state index in [1.807, 2.05) is 48.7 Å². The summed E-state index contributed by atoms with van der Waals surface area (Å²) in [6, 6.07) is 17.1. The number of benzene rings is 2. The molecule has 0 aliphatic rings. The Morgan fingerprint density at radius 2 is 1.71 bits per heavy atom. The lowest BCUT2D eigenvalue weighted by molar-refractivity contribution is 0.660. The molecule has 0 bridgehead atoms. The monoisotopic (exact) mass is 315 g/mol. The first-order chi connectivity index (χ1) is 11.6. The van der Waals surface area contributed by atoms with Crippen LogP contribution in [-0.2, 0) is 0 Å². The van der Waals surface area contributed by atoms with Gasteiger partial charge in [-0.15, -0.1) is 0 Å². The highest BCUT2D eigenvalue weighted by atomic mass is 16.3. The summed E-state index contributed by atoms with van der Waals surface area (Å²) in [6.45, 7) is 4.31. The first-order valence-corrected chi connectivity index (χ1v) is 8.05. The molecular weight excluding hydrogens is 298 g/mol. The van der Waals surface area contributed by atoms with Crippen LogP contribution < -0.4 is 5.43 Å². The van der Waals surface area contributed by atoms with E-state index in [4.69, 9.17) is 4.42 Å². The van der Waals surface area contributed by atoms with Gasteiger partial charge >= 0.3 is 0 Å². The molecule has 2 heterocycles. The molecule has 2 aromatic heterocycles. The molecule has 0 amide bonds. The van der Waals surface area contributed by atoms with E-state index >= 15 is 0 Å². The van der Waals surface area contributed by atoms with Crippen molar-refractivity contribution in [1.82, 2.24) is 4.98 Å². The molecule has 0 saturated heterocycles. The first kappa shape index (κ1) is 14.6. The third-order valence-electron chi connectivity index (χ3n) is 4.32. The van der Waals surface area contributed by atoms with Crippen LogP contribution in [-0.4, -0.2) is 4.98 Å². The lowest BCUT2D eigenvalue weighted by Gasteiger charge is -2.08. The first-order valence-electron chi connectivity index (χ1n) is 8.05. The lowest BCUT2D eigenvalue weighted by Crippen LogP contribution is -2.02. The van der Waals surface area contributed by atoms with Gasteiger partial charge < -0.3 is 4.42 Å². The Balaban J connectivity index is 1.95. The quantitative estimate of drug-likeness (QED) is 0.481. The summed E-state index contributed by atoms with van der Waals surface area (Å²) in [5.41, 5.74) is 4.23. The Bertz CT molecular complexity index is 1110. The molecule has 0 saturated carbocycles. The number of nitrogens with zero attached hydrogens (tertiary/aromatic N) is 1. The highest BCUT2D eigenvalue weighted by molar-refractivity contribution is 5.91. The zero-order valence-electron chi connectivity index (χ0n) is 13.6. The Morgan fingerprint density at radius 1 is 0.917 bits per heavy atom. The van der Waals surface area contributed by atoms with Crippen LogP contribution in [0.5, 0.6) is 0 Å². The number of hydrogen-bond donors (Lipinski definition) is 0. The number of fused-ring (bicyclic) bond motifs is 2. The predicted octanol–water partition coefficient (Wildman–Crippen LogP) is 5.13. The summed E-state index contributed by atoms with van der Waals surface area (Å²) < 4.78 is 5.86. The Labute approximate surface area is 139 Å². The summed E-state index contributed by atoms with van der Waals surface area (Å²) >= 11 is 0. The van der Waals surface area contributed by atoms with Crippen LogP contribution >= 0.6 is 0 Å². The lowest BCUT2D eigenvalue weighted by atomic mass is 10.0. The summed E-state index contributed by atoms with van der Waals surface area (Å²) in [5, 5.41) is 1.19. The molecule has 0 aliphatic heterocycles. The summed E-state index contributed by atoms with van der Waals surface area (Å²) in [4.78, 5) is 17.2. The molecule has 24 heavy (non-hydrogen) atoms. The molecule has 0 unspecified atom stereocenters. The maximum absolute atomic E-state index is 12.8. The highest BCUT2D eigenvalue weighted by Crippen LogP contribution is 2.26. The second-order valence-corrected chi connectivity index (χ2v) is 6.27. The fraction of sp³-hybridized carbons (Fsp3) is 0.143. The molecular formula is C21H17NO2. The van der Waals surface area contributed by atoms with E-state index in [-0.39, 0.29) is 5.43 Å². The van der Waals surface area contributed by atoms with Crippen molar-refractivity contribution in [3.05, 3.63) is 76.6 Å². The fourth-order valence-corrected chi connectivity index (χ4v) is 2.93. The van der Waals surface area contributed by atoms with Gasteiger partial charge in [0.2, 0.25) is 5.43 Å². The predicted molar refractivity (Wildman–Crippen MR) is 97.3 cm³/mol. The van der Waals surface area contributed by atoms with Crippen molar-refractivity contribution in [2.75, 3.05) is 0 Å². The van der Waals surface area contributed by atoms with Gasteiger partial charge in [-0.05, 0) is 53.9 Å². The molecule has 4 rings (SSSR count). The number of aromatic nitrogens is 1. The van der Waals surface area contributed by atoms with Crippen LogP contribution in [0.3, 0.4) is 0 Å². The molecule has 0 spiro atoms. The normalized spacial score (nSPS) is 11.5. The van der Waals surface area contributed by atoms with Gasteiger partial charge in [-0.3, -0.25) is 9.78 Å². The van der Waals surface area contributed by atoms with Crippen LogP contribution in [0.1, 0.15) is 25.3 Å². The molecule has 0 atom stereocenters. The Kier molecular flexibility index (Phi) is 3.42. The molecule has 3 nitrogen and oxygen atoms in total. The average Bonchev–Trinajstić information content (AvgIpc) is 2.62. The summed E-state index contributed by atoms with van der Waals surface area (Å²) in [7, 11) is 0. The van der Waals surface area contributed by atoms with Gasteiger partial charge in [-0.2, -0.15) is 0 Å². The molecule has 2 aromatic carbocycles. The van der Waals surface area contributed by atoms with Crippen LogP contribution in [0.25, 0.3) is 33.2 Å². The van der Waals surface area contributed by atoms with Crippen molar-refractivity contribution >= 4 is 21.9 Å². The molecule has 118 valence electrons. The van der Waals surface area contributed by atoms with Crippen molar-refractivity contribution in [3.8, 4) is 11.3 Å². The number of para-hydroxylation sites is 1. The van der Waals surface area contributed by atoms with E-state index in [0.29, 0.717) is 27.9 Å². The van der Waals surface area contributed by atoms with Crippen molar-refractivity contribution in [2.45, 2.75) is 19.8 Å². The van der Waals surface area contributed by atoms with Crippen molar-refractivity contribution in [3.63, 3.8) is 0 Å². The van der Waals surface area contributed by atoms with Gasteiger partial charge in [-0.1, -0.05) is 26.0 Å². The van der Waals surface area contributed by atoms with E-state index in [1.165, 1.54) is 5.56 Å². The zero-order valence-corrected chi connectivity index (χ0v) is 13.6. The average molecular weight is 315 g/mol. The van der Waals surface area contributed by atoms with E-state index in [9.17, 15) is 4.79 Å². The Hall–Kier alpha value is -2.94. The van der Waals surface area contributed by atoms with Gasteiger partial charge in [0.1, 0.15) is 11.2 Å². The largest absolute Gasteiger partial charge is 0.456 e. The molecule has 0 aliphatic carbocycles. The summed E-state index contributed by atoms with van der Waals surface area (Å²) in [6.07, 6.45) is 1.82. The van der Waals surface area contributed by atoms with Gasteiger partial charge in [0.15, 0.2) is 0 Å². The van der Waals surface area contributed by atoms with E-state index in [1.54, 1.807) is 6.07 Å². The number of pyridine rings is 1. The fourth-order valence-electron chi connectivity index (χ4n) is 2.93. The highest BCUT2D eigenvalue weighted by Gasteiger charge is 2.10. The molecule has 4 aromatic rings. The van der Waals surface area contributed by atoms with Gasteiger partial charge in [-0.25, -0.2) is 0 Å². The summed E-state index contributed by atoms with van der Waals surface area (Å²) in [5.74, 6) is 0.432. The standard InChI is InChI=1S/C21H17NO2/c1-13(2)14-9-10-22-18(12-14)15-7-8-20-17(11-15)21(23)16-5-3-4-6-19(16)24-20/h3-13H,1-2H3. The molecule has 3 heteroatoms. The third kappa shape index (κ3) is 2.38. The van der Waals surface area contributed by atoms with Crippen LogP contribution in [0, 0.1) is 0 Å². The van der Waals surface area contributed by atoms with Gasteiger partial charge in [0.05, 0.1) is 16.5 Å². The topological polar surface area (TPSA) is 43.1 Å². The maximum Gasteiger partial charge on any atom is 0.200 e. The minimum absolute atomic E-state index is 0.00582. The smallest absolute Gasteiger partial charge is 0.200 e. The zero-order chi connectivity index (χ0) is 16.7. The van der Waals surface area contributed by atoms with Gasteiger partial charge in [0, 0.05) is 11.8 Å². The second-order valence-electron chi connectivity index (χ2n) is 6.27. The van der Waals surface area contributed by atoms with Crippen LogP contribution in [0.4, 0.5) is 0 Å². The van der Waals surface area contributed by atoms with Crippen molar-refractivity contribution < 1.29 is 4.42 Å².